The molecule has 1 saturated heterocycles. The molecule has 0 bridgehead atoms. The number of aliphatic hydroxyl groups is 1. The van der Waals surface area contributed by atoms with Gasteiger partial charge in [-0.05, 0) is 43.1 Å². The second-order valence-electron chi connectivity index (χ2n) is 5.94. The Kier molecular flexibility index (Phi) is 4.85. The molecule has 118 valence electrons. The Morgan fingerprint density at radius 2 is 2.09 bits per heavy atom. The van der Waals surface area contributed by atoms with Crippen LogP contribution in [0.4, 0.5) is 4.39 Å². The SMILES string of the molecule is O[C@H](CN1CCCC[C@@H]1Cn1cccn1)c1ccc(F)cc1. The summed E-state index contributed by atoms with van der Waals surface area (Å²) in [5.41, 5.74) is 0.768. The summed E-state index contributed by atoms with van der Waals surface area (Å²) in [5, 5.41) is 14.7. The number of halogens is 1. The molecule has 2 atom stereocenters. The third-order valence-corrected chi connectivity index (χ3v) is 4.37. The van der Waals surface area contributed by atoms with E-state index in [0.717, 1.165) is 31.5 Å². The van der Waals surface area contributed by atoms with Crippen molar-refractivity contribution in [2.45, 2.75) is 38.0 Å². The number of piperidine rings is 1. The van der Waals surface area contributed by atoms with Gasteiger partial charge < -0.3 is 5.11 Å². The number of nitrogens with zero attached hydrogens (tertiary/aromatic N) is 3. The quantitative estimate of drug-likeness (QED) is 0.923. The Morgan fingerprint density at radius 1 is 1.27 bits per heavy atom. The van der Waals surface area contributed by atoms with Gasteiger partial charge >= 0.3 is 0 Å². The van der Waals surface area contributed by atoms with E-state index in [-0.39, 0.29) is 5.82 Å². The predicted molar refractivity (Wildman–Crippen MR) is 82.8 cm³/mol. The van der Waals surface area contributed by atoms with Crippen molar-refractivity contribution < 1.29 is 9.50 Å². The first-order chi connectivity index (χ1) is 10.7. The van der Waals surface area contributed by atoms with E-state index in [0.29, 0.717) is 12.6 Å². The van der Waals surface area contributed by atoms with Crippen molar-refractivity contribution in [2.24, 2.45) is 0 Å². The predicted octanol–water partition coefficient (Wildman–Crippen LogP) is 2.61. The highest BCUT2D eigenvalue weighted by Crippen LogP contribution is 2.22. The van der Waals surface area contributed by atoms with Gasteiger partial charge in [0, 0.05) is 25.0 Å². The molecule has 0 spiro atoms. The lowest BCUT2D eigenvalue weighted by Crippen LogP contribution is -2.44. The number of hydrogen-bond acceptors (Lipinski definition) is 3. The first-order valence-corrected chi connectivity index (χ1v) is 7.87. The van der Waals surface area contributed by atoms with Crippen LogP contribution in [0.15, 0.2) is 42.7 Å². The molecule has 4 nitrogen and oxygen atoms in total. The van der Waals surface area contributed by atoms with E-state index in [1.54, 1.807) is 18.3 Å². The van der Waals surface area contributed by atoms with Crippen LogP contribution in [0.1, 0.15) is 30.9 Å². The molecular weight excluding hydrogens is 281 g/mol. The monoisotopic (exact) mass is 303 g/mol. The average Bonchev–Trinajstić information content (AvgIpc) is 3.03. The highest BCUT2D eigenvalue weighted by atomic mass is 19.1. The molecule has 2 heterocycles. The fourth-order valence-electron chi connectivity index (χ4n) is 3.14. The zero-order chi connectivity index (χ0) is 15.4. The van der Waals surface area contributed by atoms with Crippen molar-refractivity contribution >= 4 is 0 Å². The largest absolute Gasteiger partial charge is 0.387 e. The third kappa shape index (κ3) is 3.72. The van der Waals surface area contributed by atoms with Crippen molar-refractivity contribution in [1.82, 2.24) is 14.7 Å². The second kappa shape index (κ2) is 7.03. The summed E-state index contributed by atoms with van der Waals surface area (Å²) < 4.78 is 14.9. The summed E-state index contributed by atoms with van der Waals surface area (Å²) in [6.45, 7) is 2.42. The molecule has 1 aliphatic heterocycles. The van der Waals surface area contributed by atoms with E-state index in [2.05, 4.69) is 10.00 Å². The minimum Gasteiger partial charge on any atom is -0.387 e. The van der Waals surface area contributed by atoms with Crippen LogP contribution in [0.2, 0.25) is 0 Å². The van der Waals surface area contributed by atoms with Crippen LogP contribution in [-0.2, 0) is 6.54 Å². The molecule has 1 aliphatic rings. The molecule has 2 aromatic rings. The molecule has 0 radical (unpaired) electrons. The molecule has 0 unspecified atom stereocenters. The van der Waals surface area contributed by atoms with Crippen LogP contribution >= 0.6 is 0 Å². The molecule has 1 fully saturated rings. The Bertz CT molecular complexity index is 570. The zero-order valence-corrected chi connectivity index (χ0v) is 12.6. The van der Waals surface area contributed by atoms with Gasteiger partial charge in [-0.3, -0.25) is 9.58 Å². The summed E-state index contributed by atoms with van der Waals surface area (Å²) in [5.74, 6) is -0.273. The Balaban J connectivity index is 1.64. The Hall–Kier alpha value is -1.72. The van der Waals surface area contributed by atoms with E-state index < -0.39 is 6.10 Å². The van der Waals surface area contributed by atoms with Gasteiger partial charge in [0.2, 0.25) is 0 Å². The molecule has 22 heavy (non-hydrogen) atoms. The highest BCUT2D eigenvalue weighted by molar-refractivity contribution is 5.18. The number of hydrogen-bond donors (Lipinski definition) is 1. The van der Waals surface area contributed by atoms with Gasteiger partial charge in [0.15, 0.2) is 0 Å². The van der Waals surface area contributed by atoms with Crippen molar-refractivity contribution in [2.75, 3.05) is 13.1 Å². The number of rotatable bonds is 5. The van der Waals surface area contributed by atoms with E-state index in [1.807, 2.05) is 16.9 Å². The van der Waals surface area contributed by atoms with Gasteiger partial charge in [0.1, 0.15) is 5.82 Å². The Labute approximate surface area is 130 Å². The number of aliphatic hydroxyl groups excluding tert-OH is 1. The van der Waals surface area contributed by atoms with Crippen LogP contribution in [0.3, 0.4) is 0 Å². The third-order valence-electron chi connectivity index (χ3n) is 4.37. The molecule has 0 amide bonds. The highest BCUT2D eigenvalue weighted by Gasteiger charge is 2.25. The molecule has 5 heteroatoms. The van der Waals surface area contributed by atoms with Crippen LogP contribution in [0.5, 0.6) is 0 Å². The molecular formula is C17H22FN3O. The molecule has 1 aromatic heterocycles. The summed E-state index contributed by atoms with van der Waals surface area (Å²) >= 11 is 0. The molecule has 0 saturated carbocycles. The number of benzene rings is 1. The summed E-state index contributed by atoms with van der Waals surface area (Å²) in [4.78, 5) is 2.33. The van der Waals surface area contributed by atoms with E-state index in [1.165, 1.54) is 18.6 Å². The van der Waals surface area contributed by atoms with Crippen LogP contribution in [0.25, 0.3) is 0 Å². The van der Waals surface area contributed by atoms with Crippen molar-refractivity contribution in [3.05, 3.63) is 54.1 Å². The Morgan fingerprint density at radius 3 is 2.82 bits per heavy atom. The van der Waals surface area contributed by atoms with Gasteiger partial charge in [0.05, 0.1) is 12.6 Å². The zero-order valence-electron chi connectivity index (χ0n) is 12.6. The smallest absolute Gasteiger partial charge is 0.123 e. The number of β-amino-alcohol motifs (C(OH)–C–C–N with tert-alkyl or cyclic N) is 1. The van der Waals surface area contributed by atoms with E-state index >= 15 is 0 Å². The van der Waals surface area contributed by atoms with E-state index in [9.17, 15) is 9.50 Å². The summed E-state index contributed by atoms with van der Waals surface area (Å²) in [6.07, 6.45) is 6.68. The normalized spacial score (nSPS) is 20.9. The van der Waals surface area contributed by atoms with E-state index in [4.69, 9.17) is 0 Å². The van der Waals surface area contributed by atoms with Gasteiger partial charge in [-0.1, -0.05) is 18.6 Å². The van der Waals surface area contributed by atoms with Crippen LogP contribution in [-0.4, -0.2) is 38.9 Å². The summed E-state index contributed by atoms with van der Waals surface area (Å²) in [6, 6.07) is 8.44. The molecule has 0 aliphatic carbocycles. The molecule has 3 rings (SSSR count). The first kappa shape index (κ1) is 15.2. The molecule has 1 N–H and O–H groups in total. The minimum atomic E-state index is -0.584. The maximum atomic E-state index is 13.0. The van der Waals surface area contributed by atoms with Gasteiger partial charge in [-0.2, -0.15) is 5.10 Å². The summed E-state index contributed by atoms with van der Waals surface area (Å²) in [7, 11) is 0. The first-order valence-electron chi connectivity index (χ1n) is 7.87. The number of likely N-dealkylation sites (tertiary alicyclic amines) is 1. The topological polar surface area (TPSA) is 41.3 Å². The van der Waals surface area contributed by atoms with Gasteiger partial charge in [-0.25, -0.2) is 4.39 Å². The standard InChI is InChI=1S/C17H22FN3O/c18-15-7-5-14(6-8-15)17(22)13-20-10-2-1-4-16(20)12-21-11-3-9-19-21/h3,5-9,11,16-17,22H,1-2,4,10,12-13H2/t16-,17-/m1/s1. The molecule has 1 aromatic carbocycles. The lowest BCUT2D eigenvalue weighted by atomic mass is 10.00. The second-order valence-corrected chi connectivity index (χ2v) is 5.94. The van der Waals surface area contributed by atoms with Gasteiger partial charge in [0.25, 0.3) is 0 Å². The maximum Gasteiger partial charge on any atom is 0.123 e. The van der Waals surface area contributed by atoms with Crippen LogP contribution in [0, 0.1) is 5.82 Å². The maximum absolute atomic E-state index is 13.0. The van der Waals surface area contributed by atoms with Gasteiger partial charge in [-0.15, -0.1) is 0 Å². The van der Waals surface area contributed by atoms with Crippen molar-refractivity contribution in [3.8, 4) is 0 Å². The lowest BCUT2D eigenvalue weighted by Gasteiger charge is -2.36. The van der Waals surface area contributed by atoms with Crippen molar-refractivity contribution in [3.63, 3.8) is 0 Å². The van der Waals surface area contributed by atoms with Crippen LogP contribution < -0.4 is 0 Å². The minimum absolute atomic E-state index is 0.273. The van der Waals surface area contributed by atoms with Crippen molar-refractivity contribution in [1.29, 1.82) is 0 Å². The fourth-order valence-corrected chi connectivity index (χ4v) is 3.14. The lowest BCUT2D eigenvalue weighted by molar-refractivity contribution is 0.0591. The fraction of sp³-hybridized carbons (Fsp3) is 0.471. The average molecular weight is 303 g/mol. The number of aromatic nitrogens is 2.